The molecule has 5 aromatic rings. The lowest BCUT2D eigenvalue weighted by molar-refractivity contribution is -0.128. The van der Waals surface area contributed by atoms with E-state index in [-0.39, 0.29) is 29.7 Å². The van der Waals surface area contributed by atoms with Gasteiger partial charge in [-0.15, -0.1) is 0 Å². The summed E-state index contributed by atoms with van der Waals surface area (Å²) in [6.07, 6.45) is -5.57. The van der Waals surface area contributed by atoms with Crippen molar-refractivity contribution in [2.24, 2.45) is 0 Å². The maximum Gasteiger partial charge on any atom is 0.413 e. The molecule has 5 rings (SSSR count). The summed E-state index contributed by atoms with van der Waals surface area (Å²) in [4.78, 5) is 55.6. The zero-order chi connectivity index (χ0) is 36.3. The van der Waals surface area contributed by atoms with Crippen molar-refractivity contribution in [3.8, 4) is 5.75 Å². The molecule has 0 spiro atoms. The van der Waals surface area contributed by atoms with Gasteiger partial charge in [0.05, 0.1) is 18.2 Å². The number of hydrogen-bond acceptors (Lipinski definition) is 8. The highest BCUT2D eigenvalue weighted by molar-refractivity contribution is 5.95. The Morgan fingerprint density at radius 2 is 1.20 bits per heavy atom. The van der Waals surface area contributed by atoms with E-state index in [1.165, 1.54) is 13.0 Å². The lowest BCUT2D eigenvalue weighted by atomic mass is 9.90. The molecule has 0 aliphatic carbocycles. The van der Waals surface area contributed by atoms with Crippen LogP contribution < -0.4 is 26.1 Å². The fourth-order valence-electron chi connectivity index (χ4n) is 5.72. The summed E-state index contributed by atoms with van der Waals surface area (Å²) >= 11 is 0. The topological polar surface area (TPSA) is 190 Å². The molecule has 0 bridgehead atoms. The minimum absolute atomic E-state index is 0.0375. The first-order valence-electron chi connectivity index (χ1n) is 16.5. The van der Waals surface area contributed by atoms with E-state index in [1.807, 2.05) is 6.07 Å². The summed E-state index contributed by atoms with van der Waals surface area (Å²) in [5, 5.41) is 42.2. The van der Waals surface area contributed by atoms with E-state index < -0.39 is 54.3 Å². The molecular weight excluding hydrogens is 652 g/mol. The van der Waals surface area contributed by atoms with Crippen LogP contribution >= 0.6 is 0 Å². The van der Waals surface area contributed by atoms with Gasteiger partial charge in [0.2, 0.25) is 5.91 Å². The highest BCUT2D eigenvalue weighted by Gasteiger charge is 2.37. The van der Waals surface area contributed by atoms with Gasteiger partial charge < -0.3 is 41.0 Å². The fraction of sp³-hybridized carbons (Fsp3) is 0.231. The van der Waals surface area contributed by atoms with Crippen molar-refractivity contribution in [1.29, 1.82) is 0 Å². The molecule has 6 atom stereocenters. The summed E-state index contributed by atoms with van der Waals surface area (Å²) in [5.41, 5.74) is 1.49. The van der Waals surface area contributed by atoms with E-state index in [0.29, 0.717) is 16.5 Å². The van der Waals surface area contributed by atoms with E-state index in [9.17, 15) is 34.5 Å². The number of aromatic nitrogens is 1. The summed E-state index contributed by atoms with van der Waals surface area (Å²) < 4.78 is 5.23. The zero-order valence-corrected chi connectivity index (χ0v) is 27.8. The van der Waals surface area contributed by atoms with Crippen molar-refractivity contribution in [2.45, 2.75) is 56.2 Å². The summed E-state index contributed by atoms with van der Waals surface area (Å²) in [7, 11) is 0. The number of pyridine rings is 1. The number of para-hydroxylation sites is 2. The number of H-pyrrole nitrogens is 1. The molecule has 12 heteroatoms. The molecule has 7 N–H and O–H groups in total. The lowest BCUT2D eigenvalue weighted by Crippen LogP contribution is -2.61. The Morgan fingerprint density at radius 3 is 1.76 bits per heavy atom. The first-order valence-corrected chi connectivity index (χ1v) is 16.5. The Bertz CT molecular complexity index is 1970. The molecule has 0 unspecified atom stereocenters. The van der Waals surface area contributed by atoms with Gasteiger partial charge >= 0.3 is 6.09 Å². The van der Waals surface area contributed by atoms with Crippen LogP contribution in [-0.2, 0) is 17.6 Å². The van der Waals surface area contributed by atoms with Crippen molar-refractivity contribution in [2.75, 3.05) is 0 Å². The monoisotopic (exact) mass is 692 g/mol. The second-order valence-electron chi connectivity index (χ2n) is 12.2. The standard InChI is InChI=1S/C39H40N4O8/c1-24(44)34(43-39(50)51-27-17-9-4-10-18-27)38(49)42-31(22-26-15-7-3-8-16-26)36(47)35(46)30(21-25-13-5-2-6-14-25)41-37(48)32-23-33(45)28-19-11-12-20-29(28)40-32/h2-20,23-24,30-31,34-36,44,46-47H,21-22H2,1H3,(H,40,45)(H,41,48)(H,42,49)(H,43,50)/t24-,30+,31+,34+,35+,36+/m1/s1. The number of aliphatic hydroxyl groups excluding tert-OH is 3. The molecule has 3 amide bonds. The molecule has 0 aliphatic rings. The third kappa shape index (κ3) is 9.88. The molecule has 1 heterocycles. The van der Waals surface area contributed by atoms with Crippen molar-refractivity contribution < 1.29 is 34.4 Å². The molecule has 4 aromatic carbocycles. The minimum Gasteiger partial charge on any atom is -0.410 e. The van der Waals surface area contributed by atoms with Crippen LogP contribution in [0.2, 0.25) is 0 Å². The van der Waals surface area contributed by atoms with Crippen LogP contribution in [0.15, 0.2) is 126 Å². The maximum atomic E-state index is 13.6. The van der Waals surface area contributed by atoms with Gasteiger partial charge in [-0.1, -0.05) is 91.0 Å². The van der Waals surface area contributed by atoms with Gasteiger partial charge in [0.1, 0.15) is 29.7 Å². The Kier molecular flexibility index (Phi) is 12.3. The Hall–Kier alpha value is -5.82. The molecule has 0 saturated heterocycles. The zero-order valence-electron chi connectivity index (χ0n) is 27.8. The normalized spacial score (nSPS) is 14.7. The largest absolute Gasteiger partial charge is 0.413 e. The molecule has 0 fully saturated rings. The number of ether oxygens (including phenoxy) is 1. The van der Waals surface area contributed by atoms with Gasteiger partial charge in [-0.25, -0.2) is 4.79 Å². The predicted molar refractivity (Wildman–Crippen MR) is 191 cm³/mol. The minimum atomic E-state index is -1.68. The molecule has 264 valence electrons. The fourth-order valence-corrected chi connectivity index (χ4v) is 5.72. The van der Waals surface area contributed by atoms with Crippen LogP contribution in [0.5, 0.6) is 5.75 Å². The van der Waals surface area contributed by atoms with Crippen LogP contribution in [0.1, 0.15) is 28.5 Å². The highest BCUT2D eigenvalue weighted by atomic mass is 16.6. The first-order chi connectivity index (χ1) is 24.6. The third-order valence-corrected chi connectivity index (χ3v) is 8.39. The molecule has 0 saturated carbocycles. The second kappa shape index (κ2) is 17.2. The SMILES string of the molecule is C[C@@H](O)[C@H](NC(=O)Oc1ccccc1)C(=O)N[C@@H](Cc1ccccc1)[C@H](O)[C@@H](O)[C@H](Cc1ccccc1)NC(=O)c1cc(=O)c2ccccc2[nH]1. The highest BCUT2D eigenvalue weighted by Crippen LogP contribution is 2.17. The van der Waals surface area contributed by atoms with Gasteiger partial charge in [-0.3, -0.25) is 14.4 Å². The van der Waals surface area contributed by atoms with Gasteiger partial charge in [0, 0.05) is 17.0 Å². The Morgan fingerprint density at radius 1 is 0.686 bits per heavy atom. The second-order valence-corrected chi connectivity index (χ2v) is 12.2. The lowest BCUT2D eigenvalue weighted by Gasteiger charge is -2.34. The summed E-state index contributed by atoms with van der Waals surface area (Å²) in [5.74, 6) is -1.32. The summed E-state index contributed by atoms with van der Waals surface area (Å²) in [6.45, 7) is 1.31. The van der Waals surface area contributed by atoms with Crippen molar-refractivity contribution in [1.82, 2.24) is 20.9 Å². The first kappa shape index (κ1) is 36.5. The molecular formula is C39H40N4O8. The number of benzene rings is 4. The summed E-state index contributed by atoms with van der Waals surface area (Å²) in [6, 6.07) is 30.2. The van der Waals surface area contributed by atoms with E-state index >= 15 is 0 Å². The number of rotatable bonds is 14. The van der Waals surface area contributed by atoms with E-state index in [2.05, 4.69) is 20.9 Å². The number of carbonyl (C=O) groups is 3. The van der Waals surface area contributed by atoms with Crippen molar-refractivity contribution >= 4 is 28.8 Å². The average molecular weight is 693 g/mol. The van der Waals surface area contributed by atoms with Crippen LogP contribution in [0.3, 0.4) is 0 Å². The van der Waals surface area contributed by atoms with Crippen LogP contribution in [0, 0.1) is 0 Å². The number of aromatic amines is 1. The number of aliphatic hydroxyl groups is 3. The molecule has 51 heavy (non-hydrogen) atoms. The maximum absolute atomic E-state index is 13.6. The smallest absolute Gasteiger partial charge is 0.410 e. The van der Waals surface area contributed by atoms with Crippen LogP contribution in [-0.4, -0.2) is 74.6 Å². The molecule has 12 nitrogen and oxygen atoms in total. The number of nitrogens with one attached hydrogen (secondary N) is 4. The van der Waals surface area contributed by atoms with Gasteiger partial charge in [-0.05, 0) is 55.2 Å². The molecule has 1 aromatic heterocycles. The van der Waals surface area contributed by atoms with Gasteiger partial charge in [0.15, 0.2) is 5.43 Å². The van der Waals surface area contributed by atoms with E-state index in [0.717, 1.165) is 5.56 Å². The van der Waals surface area contributed by atoms with Crippen LogP contribution in [0.25, 0.3) is 10.9 Å². The molecule has 0 aliphatic heterocycles. The van der Waals surface area contributed by atoms with Gasteiger partial charge in [-0.2, -0.15) is 0 Å². The van der Waals surface area contributed by atoms with E-state index in [4.69, 9.17) is 4.74 Å². The number of hydrogen-bond donors (Lipinski definition) is 7. The average Bonchev–Trinajstić information content (AvgIpc) is 3.13. The molecule has 0 radical (unpaired) electrons. The van der Waals surface area contributed by atoms with Crippen molar-refractivity contribution in [3.05, 3.63) is 148 Å². The van der Waals surface area contributed by atoms with E-state index in [1.54, 1.807) is 109 Å². The van der Waals surface area contributed by atoms with Crippen LogP contribution in [0.4, 0.5) is 4.79 Å². The number of fused-ring (bicyclic) bond motifs is 1. The van der Waals surface area contributed by atoms with Gasteiger partial charge in [0.25, 0.3) is 5.91 Å². The van der Waals surface area contributed by atoms with Crippen molar-refractivity contribution in [3.63, 3.8) is 0 Å². The third-order valence-electron chi connectivity index (χ3n) is 8.39. The Labute approximate surface area is 294 Å². The quantitative estimate of drug-likeness (QED) is 0.0925. The Balaban J connectivity index is 1.40. The predicted octanol–water partition coefficient (Wildman–Crippen LogP) is 2.86. The number of carbonyl (C=O) groups excluding carboxylic acids is 3. The number of amides is 3.